The first kappa shape index (κ1) is 25.6. The van der Waals surface area contributed by atoms with Gasteiger partial charge in [0.15, 0.2) is 17.5 Å². The smallest absolute Gasteiger partial charge is 0.203 e. The van der Waals surface area contributed by atoms with Crippen molar-refractivity contribution in [1.82, 2.24) is 15.6 Å². The van der Waals surface area contributed by atoms with E-state index < -0.39 is 0 Å². The highest BCUT2D eigenvalue weighted by atomic mass is 127. The number of nitrogens with zero attached hydrogens (tertiary/aromatic N) is 1. The third-order valence-corrected chi connectivity index (χ3v) is 5.08. The van der Waals surface area contributed by atoms with E-state index in [1.807, 2.05) is 12.1 Å². The minimum atomic E-state index is 0. The fraction of sp³-hybridized carbons (Fsp3) is 0.375. The maximum atomic E-state index is 5.43. The van der Waals surface area contributed by atoms with E-state index in [4.69, 9.17) is 19.2 Å². The Morgan fingerprint density at radius 3 is 2.38 bits per heavy atom. The van der Waals surface area contributed by atoms with E-state index >= 15 is 0 Å². The van der Waals surface area contributed by atoms with Gasteiger partial charge in [-0.2, -0.15) is 0 Å². The molecule has 3 aromatic rings. The summed E-state index contributed by atoms with van der Waals surface area (Å²) in [7, 11) is 4.83. The molecule has 3 rings (SSSR count). The third-order valence-electron chi connectivity index (χ3n) is 5.08. The van der Waals surface area contributed by atoms with Crippen LogP contribution in [0, 0.1) is 0 Å². The number of ether oxygens (including phenoxy) is 3. The van der Waals surface area contributed by atoms with Gasteiger partial charge in [-0.3, -0.25) is 0 Å². The number of guanidine groups is 1. The maximum Gasteiger partial charge on any atom is 0.203 e. The van der Waals surface area contributed by atoms with E-state index in [0.29, 0.717) is 23.8 Å². The summed E-state index contributed by atoms with van der Waals surface area (Å²) >= 11 is 0. The molecule has 0 amide bonds. The predicted octanol–water partition coefficient (Wildman–Crippen LogP) is 4.50. The molecule has 0 saturated carbocycles. The highest BCUT2D eigenvalue weighted by Gasteiger charge is 2.13. The molecule has 32 heavy (non-hydrogen) atoms. The van der Waals surface area contributed by atoms with Gasteiger partial charge >= 0.3 is 0 Å². The molecule has 3 N–H and O–H groups in total. The third kappa shape index (κ3) is 6.44. The molecule has 0 spiro atoms. The zero-order valence-electron chi connectivity index (χ0n) is 19.2. The molecule has 0 radical (unpaired) electrons. The van der Waals surface area contributed by atoms with E-state index in [1.54, 1.807) is 21.3 Å². The van der Waals surface area contributed by atoms with Gasteiger partial charge in [0.25, 0.3) is 0 Å². The number of rotatable bonds is 10. The second-order valence-electron chi connectivity index (χ2n) is 7.12. The van der Waals surface area contributed by atoms with Crippen molar-refractivity contribution in [2.75, 3.05) is 34.4 Å². The average Bonchev–Trinajstić information content (AvgIpc) is 3.22. The van der Waals surface area contributed by atoms with Crippen LogP contribution in [0.3, 0.4) is 0 Å². The molecule has 1 heterocycles. The van der Waals surface area contributed by atoms with Crippen molar-refractivity contribution in [2.24, 2.45) is 4.99 Å². The molecule has 2 aromatic carbocycles. The number of aromatic amines is 1. The summed E-state index contributed by atoms with van der Waals surface area (Å²) in [6.45, 7) is 4.18. The SMILES string of the molecule is CCNC(=NCc1cc(OC)c(OC)c(OC)c1)NCCCc1c[nH]c2ccccc12.I. The Kier molecular flexibility index (Phi) is 10.5. The van der Waals surface area contributed by atoms with Gasteiger partial charge in [0.05, 0.1) is 27.9 Å². The number of nitrogens with one attached hydrogen (secondary N) is 3. The van der Waals surface area contributed by atoms with Crippen LogP contribution >= 0.6 is 24.0 Å². The lowest BCUT2D eigenvalue weighted by Gasteiger charge is -2.14. The van der Waals surface area contributed by atoms with Crippen LogP contribution in [0.2, 0.25) is 0 Å². The number of H-pyrrole nitrogens is 1. The Morgan fingerprint density at radius 1 is 1.00 bits per heavy atom. The van der Waals surface area contributed by atoms with Gasteiger partial charge in [0, 0.05) is 30.2 Å². The van der Waals surface area contributed by atoms with E-state index in [2.05, 4.69) is 53.0 Å². The summed E-state index contributed by atoms with van der Waals surface area (Å²) in [6, 6.07) is 12.2. The van der Waals surface area contributed by atoms with E-state index in [0.717, 1.165) is 37.5 Å². The van der Waals surface area contributed by atoms with Gasteiger partial charge in [0.1, 0.15) is 0 Å². The Balaban J connectivity index is 0.00000363. The number of para-hydroxylation sites is 1. The molecule has 0 fully saturated rings. The van der Waals surface area contributed by atoms with Crippen molar-refractivity contribution in [1.29, 1.82) is 0 Å². The molecule has 0 aliphatic rings. The summed E-state index contributed by atoms with van der Waals surface area (Å²) in [6.07, 6.45) is 4.12. The monoisotopic (exact) mass is 552 g/mol. The lowest BCUT2D eigenvalue weighted by atomic mass is 10.1. The van der Waals surface area contributed by atoms with Crippen molar-refractivity contribution < 1.29 is 14.2 Å². The lowest BCUT2D eigenvalue weighted by Crippen LogP contribution is -2.37. The standard InChI is InChI=1S/C24H32N4O3.HI/c1-5-25-24(26-12-8-9-18-16-27-20-11-7-6-10-19(18)20)28-15-17-13-21(29-2)23(31-4)22(14-17)30-3;/h6-7,10-11,13-14,16,27H,5,8-9,12,15H2,1-4H3,(H2,25,26,28);1H. The first-order valence-corrected chi connectivity index (χ1v) is 10.6. The second kappa shape index (κ2) is 13.0. The van der Waals surface area contributed by atoms with Crippen molar-refractivity contribution in [3.05, 3.63) is 53.7 Å². The first-order chi connectivity index (χ1) is 15.2. The number of methoxy groups -OCH3 is 3. The maximum absolute atomic E-state index is 5.43. The minimum absolute atomic E-state index is 0. The fourth-order valence-electron chi connectivity index (χ4n) is 3.56. The van der Waals surface area contributed by atoms with Crippen molar-refractivity contribution >= 4 is 40.8 Å². The molecule has 0 saturated heterocycles. The topological polar surface area (TPSA) is 79.9 Å². The molecule has 8 heteroatoms. The van der Waals surface area contributed by atoms with Crippen LogP contribution in [-0.4, -0.2) is 45.4 Å². The lowest BCUT2D eigenvalue weighted by molar-refractivity contribution is 0.324. The number of hydrogen-bond acceptors (Lipinski definition) is 4. The predicted molar refractivity (Wildman–Crippen MR) is 141 cm³/mol. The number of hydrogen-bond donors (Lipinski definition) is 3. The molecule has 0 atom stereocenters. The Morgan fingerprint density at radius 2 is 1.72 bits per heavy atom. The highest BCUT2D eigenvalue weighted by Crippen LogP contribution is 2.38. The molecule has 174 valence electrons. The average molecular weight is 552 g/mol. The van der Waals surface area contributed by atoms with Gasteiger partial charge in [-0.15, -0.1) is 24.0 Å². The summed E-state index contributed by atoms with van der Waals surface area (Å²) in [5, 5.41) is 8.02. The molecule has 0 aliphatic heterocycles. The first-order valence-electron chi connectivity index (χ1n) is 10.6. The van der Waals surface area contributed by atoms with Crippen molar-refractivity contribution in [3.63, 3.8) is 0 Å². The zero-order chi connectivity index (χ0) is 22.1. The Labute approximate surface area is 207 Å². The van der Waals surface area contributed by atoms with E-state index in [1.165, 1.54) is 16.5 Å². The number of fused-ring (bicyclic) bond motifs is 1. The number of aryl methyl sites for hydroxylation is 1. The van der Waals surface area contributed by atoms with Gasteiger partial charge in [-0.1, -0.05) is 18.2 Å². The number of benzene rings is 2. The van der Waals surface area contributed by atoms with Crippen LogP contribution in [0.5, 0.6) is 17.2 Å². The van der Waals surface area contributed by atoms with Gasteiger partial charge < -0.3 is 29.8 Å². The normalized spacial score (nSPS) is 11.1. The quantitative estimate of drug-likeness (QED) is 0.150. The fourth-order valence-corrected chi connectivity index (χ4v) is 3.56. The number of aliphatic imine (C=N–C) groups is 1. The molecular formula is C24H33IN4O3. The van der Waals surface area contributed by atoms with E-state index in [9.17, 15) is 0 Å². The Bertz CT molecular complexity index is 994. The summed E-state index contributed by atoms with van der Waals surface area (Å²) in [5.41, 5.74) is 3.51. The number of aromatic nitrogens is 1. The van der Waals surface area contributed by atoms with E-state index in [-0.39, 0.29) is 24.0 Å². The molecule has 0 unspecified atom stereocenters. The number of halogens is 1. The van der Waals surface area contributed by atoms with Crippen LogP contribution in [0.4, 0.5) is 0 Å². The van der Waals surface area contributed by atoms with Gasteiger partial charge in [-0.05, 0) is 49.1 Å². The molecule has 0 aliphatic carbocycles. The van der Waals surface area contributed by atoms with Crippen LogP contribution in [0.15, 0.2) is 47.6 Å². The summed E-state index contributed by atoms with van der Waals surface area (Å²) in [5.74, 6) is 2.63. The Hall–Kier alpha value is -2.62. The molecular weight excluding hydrogens is 519 g/mol. The van der Waals surface area contributed by atoms with Crippen LogP contribution in [0.1, 0.15) is 24.5 Å². The zero-order valence-corrected chi connectivity index (χ0v) is 21.5. The van der Waals surface area contributed by atoms with Gasteiger partial charge in [-0.25, -0.2) is 4.99 Å². The highest BCUT2D eigenvalue weighted by molar-refractivity contribution is 14.0. The molecule has 7 nitrogen and oxygen atoms in total. The van der Waals surface area contributed by atoms with Crippen LogP contribution < -0.4 is 24.8 Å². The van der Waals surface area contributed by atoms with Gasteiger partial charge in [0.2, 0.25) is 5.75 Å². The second-order valence-corrected chi connectivity index (χ2v) is 7.12. The minimum Gasteiger partial charge on any atom is -0.493 e. The molecule has 1 aromatic heterocycles. The van der Waals surface area contributed by atoms with Crippen LogP contribution in [-0.2, 0) is 13.0 Å². The summed E-state index contributed by atoms with van der Waals surface area (Å²) in [4.78, 5) is 8.05. The molecule has 0 bridgehead atoms. The van der Waals surface area contributed by atoms with Crippen molar-refractivity contribution in [2.45, 2.75) is 26.3 Å². The van der Waals surface area contributed by atoms with Crippen LogP contribution in [0.25, 0.3) is 10.9 Å². The summed E-state index contributed by atoms with van der Waals surface area (Å²) < 4.78 is 16.3. The van der Waals surface area contributed by atoms with Crippen molar-refractivity contribution in [3.8, 4) is 17.2 Å². The largest absolute Gasteiger partial charge is 0.493 e.